The maximum absolute atomic E-state index is 13.2. The maximum Gasteiger partial charge on any atom is 0.240 e. The first kappa shape index (κ1) is 19.9. The van der Waals surface area contributed by atoms with Crippen LogP contribution in [0.2, 0.25) is 5.02 Å². The van der Waals surface area contributed by atoms with E-state index in [9.17, 15) is 12.8 Å². The Kier molecular flexibility index (Phi) is 6.55. The highest BCUT2D eigenvalue weighted by Crippen LogP contribution is 2.35. The number of benzene rings is 3. The van der Waals surface area contributed by atoms with Crippen molar-refractivity contribution in [2.45, 2.75) is 15.0 Å². The topological polar surface area (TPSA) is 46.2 Å². The van der Waals surface area contributed by atoms with Gasteiger partial charge in [-0.05, 0) is 54.1 Å². The highest BCUT2D eigenvalue weighted by molar-refractivity contribution is 7.99. The van der Waals surface area contributed by atoms with Crippen molar-refractivity contribution >= 4 is 33.4 Å². The van der Waals surface area contributed by atoms with E-state index < -0.39 is 10.0 Å². The molecule has 0 radical (unpaired) electrons. The van der Waals surface area contributed by atoms with Crippen LogP contribution in [0.25, 0.3) is 0 Å². The summed E-state index contributed by atoms with van der Waals surface area (Å²) in [6, 6.07) is 21.8. The Morgan fingerprint density at radius 1 is 0.926 bits per heavy atom. The Bertz CT molecular complexity index is 979. The molecule has 7 heteroatoms. The third-order valence-electron chi connectivity index (χ3n) is 3.85. The van der Waals surface area contributed by atoms with Gasteiger partial charge in [-0.1, -0.05) is 41.9 Å². The fourth-order valence-electron chi connectivity index (χ4n) is 2.46. The van der Waals surface area contributed by atoms with Crippen molar-refractivity contribution in [2.75, 3.05) is 6.54 Å². The van der Waals surface area contributed by atoms with Crippen LogP contribution in [-0.4, -0.2) is 15.0 Å². The zero-order chi connectivity index (χ0) is 19.3. The predicted octanol–water partition coefficient (Wildman–Crippen LogP) is 5.29. The van der Waals surface area contributed by atoms with Crippen LogP contribution in [0, 0.1) is 5.82 Å². The summed E-state index contributed by atoms with van der Waals surface area (Å²) in [4.78, 5) is 1.02. The van der Waals surface area contributed by atoms with E-state index in [2.05, 4.69) is 4.72 Å². The molecular weight excluding hydrogens is 405 g/mol. The summed E-state index contributed by atoms with van der Waals surface area (Å²) in [5, 5.41) is 0.307. The summed E-state index contributed by atoms with van der Waals surface area (Å²) in [5.41, 5.74) is 0.977. The van der Waals surface area contributed by atoms with Crippen molar-refractivity contribution in [1.29, 1.82) is 0 Å². The molecule has 3 aromatic carbocycles. The lowest BCUT2D eigenvalue weighted by Crippen LogP contribution is -2.27. The van der Waals surface area contributed by atoms with E-state index in [1.807, 2.05) is 30.3 Å². The Morgan fingerprint density at radius 2 is 1.56 bits per heavy atom. The van der Waals surface area contributed by atoms with Crippen LogP contribution >= 0.6 is 23.4 Å². The molecule has 0 aliphatic rings. The second-order valence-electron chi connectivity index (χ2n) is 5.78. The molecular formula is C20H17ClFNO2S2. The van der Waals surface area contributed by atoms with Gasteiger partial charge in [0.25, 0.3) is 0 Å². The number of halogens is 2. The van der Waals surface area contributed by atoms with Crippen molar-refractivity contribution in [1.82, 2.24) is 4.72 Å². The molecule has 0 fully saturated rings. The monoisotopic (exact) mass is 421 g/mol. The fraction of sp³-hybridized carbons (Fsp3) is 0.100. The average Bonchev–Trinajstić information content (AvgIpc) is 2.68. The standard InChI is InChI=1S/C20H17ClFNO2S2/c21-16-6-12-19(13-7-16)27(24,25)23-14-20(15-4-2-1-3-5-15)26-18-10-8-17(22)9-11-18/h1-13,20,23H,14H2/t20-/m0/s1. The van der Waals surface area contributed by atoms with Crippen molar-refractivity contribution in [3.63, 3.8) is 0 Å². The van der Waals surface area contributed by atoms with E-state index >= 15 is 0 Å². The maximum atomic E-state index is 13.2. The van der Waals surface area contributed by atoms with E-state index in [1.54, 1.807) is 12.1 Å². The Labute approximate surface area is 167 Å². The van der Waals surface area contributed by atoms with Gasteiger partial charge in [-0.25, -0.2) is 17.5 Å². The molecule has 3 nitrogen and oxygen atoms in total. The molecule has 0 heterocycles. The molecule has 0 saturated carbocycles. The third-order valence-corrected chi connectivity index (χ3v) is 6.81. The molecule has 3 rings (SSSR count). The fourth-order valence-corrected chi connectivity index (χ4v) is 4.82. The molecule has 0 unspecified atom stereocenters. The summed E-state index contributed by atoms with van der Waals surface area (Å²) in [6.07, 6.45) is 0. The summed E-state index contributed by atoms with van der Waals surface area (Å²) in [7, 11) is -3.66. The Balaban J connectivity index is 1.79. The van der Waals surface area contributed by atoms with Gasteiger partial charge in [0.05, 0.1) is 4.90 Å². The minimum atomic E-state index is -3.66. The van der Waals surface area contributed by atoms with Gasteiger partial charge in [0.2, 0.25) is 10.0 Å². The van der Waals surface area contributed by atoms with Crippen LogP contribution < -0.4 is 4.72 Å². The molecule has 27 heavy (non-hydrogen) atoms. The van der Waals surface area contributed by atoms with Crippen LogP contribution in [-0.2, 0) is 10.0 Å². The minimum Gasteiger partial charge on any atom is -0.210 e. The van der Waals surface area contributed by atoms with E-state index in [-0.39, 0.29) is 22.5 Å². The lowest BCUT2D eigenvalue weighted by atomic mass is 10.1. The second-order valence-corrected chi connectivity index (χ2v) is 9.26. The molecule has 1 atom stereocenters. The van der Waals surface area contributed by atoms with Gasteiger partial charge < -0.3 is 0 Å². The molecule has 0 aromatic heterocycles. The van der Waals surface area contributed by atoms with Crippen molar-refractivity contribution in [2.24, 2.45) is 0 Å². The van der Waals surface area contributed by atoms with E-state index in [1.165, 1.54) is 48.2 Å². The van der Waals surface area contributed by atoms with Gasteiger partial charge in [-0.2, -0.15) is 0 Å². The second kappa shape index (κ2) is 8.89. The van der Waals surface area contributed by atoms with Gasteiger partial charge in [-0.15, -0.1) is 11.8 Å². The zero-order valence-electron chi connectivity index (χ0n) is 14.2. The van der Waals surface area contributed by atoms with Crippen molar-refractivity contribution < 1.29 is 12.8 Å². The molecule has 0 bridgehead atoms. The first-order valence-corrected chi connectivity index (χ1v) is 10.9. The first-order valence-electron chi connectivity index (χ1n) is 8.16. The van der Waals surface area contributed by atoms with Gasteiger partial charge in [0, 0.05) is 21.7 Å². The van der Waals surface area contributed by atoms with E-state index in [0.717, 1.165) is 10.5 Å². The van der Waals surface area contributed by atoms with Crippen LogP contribution in [0.4, 0.5) is 4.39 Å². The Morgan fingerprint density at radius 3 is 2.19 bits per heavy atom. The number of sulfonamides is 1. The van der Waals surface area contributed by atoms with Gasteiger partial charge in [0.15, 0.2) is 0 Å². The molecule has 0 aliphatic heterocycles. The number of nitrogens with one attached hydrogen (secondary N) is 1. The zero-order valence-corrected chi connectivity index (χ0v) is 16.6. The summed E-state index contributed by atoms with van der Waals surface area (Å²) in [6.45, 7) is 0.191. The lowest BCUT2D eigenvalue weighted by molar-refractivity contribution is 0.581. The van der Waals surface area contributed by atoms with Gasteiger partial charge >= 0.3 is 0 Å². The molecule has 0 spiro atoms. The molecule has 140 valence electrons. The molecule has 3 aromatic rings. The quantitative estimate of drug-likeness (QED) is 0.527. The van der Waals surface area contributed by atoms with Crippen LogP contribution in [0.1, 0.15) is 10.8 Å². The SMILES string of the molecule is O=S(=O)(NC[C@H](Sc1ccc(F)cc1)c1ccccc1)c1ccc(Cl)cc1. The number of hydrogen-bond acceptors (Lipinski definition) is 3. The van der Waals surface area contributed by atoms with Gasteiger partial charge in [-0.3, -0.25) is 0 Å². The average molecular weight is 422 g/mol. The highest BCUT2D eigenvalue weighted by Gasteiger charge is 2.19. The number of thioether (sulfide) groups is 1. The number of rotatable bonds is 7. The Hall–Kier alpha value is -1.86. The highest BCUT2D eigenvalue weighted by atomic mass is 35.5. The smallest absolute Gasteiger partial charge is 0.210 e. The largest absolute Gasteiger partial charge is 0.240 e. The summed E-state index contributed by atoms with van der Waals surface area (Å²) >= 11 is 7.30. The van der Waals surface area contributed by atoms with E-state index in [4.69, 9.17) is 11.6 Å². The molecule has 0 saturated heterocycles. The molecule has 0 aliphatic carbocycles. The first-order chi connectivity index (χ1) is 12.9. The van der Waals surface area contributed by atoms with Crippen LogP contribution in [0.5, 0.6) is 0 Å². The van der Waals surface area contributed by atoms with Crippen molar-refractivity contribution in [3.8, 4) is 0 Å². The van der Waals surface area contributed by atoms with E-state index in [0.29, 0.717) is 5.02 Å². The minimum absolute atomic E-state index is 0.158. The van der Waals surface area contributed by atoms with Crippen LogP contribution in [0.15, 0.2) is 88.7 Å². The third kappa shape index (κ3) is 5.56. The lowest BCUT2D eigenvalue weighted by Gasteiger charge is -2.18. The normalized spacial score (nSPS) is 12.7. The summed E-state index contributed by atoms with van der Waals surface area (Å²) < 4.78 is 40.9. The number of hydrogen-bond donors (Lipinski definition) is 1. The summed E-state index contributed by atoms with van der Waals surface area (Å²) in [5.74, 6) is -0.306. The van der Waals surface area contributed by atoms with Gasteiger partial charge in [0.1, 0.15) is 5.82 Å². The van der Waals surface area contributed by atoms with Crippen LogP contribution in [0.3, 0.4) is 0 Å². The molecule has 1 N–H and O–H groups in total. The van der Waals surface area contributed by atoms with Crippen molar-refractivity contribution in [3.05, 3.63) is 95.3 Å². The predicted molar refractivity (Wildman–Crippen MR) is 108 cm³/mol. The molecule has 0 amide bonds.